The molecule has 17 heavy (non-hydrogen) atoms. The molecular weight excluding hydrogens is 216 g/mol. The second kappa shape index (κ2) is 5.21. The van der Waals surface area contributed by atoms with Gasteiger partial charge in [0.15, 0.2) is 0 Å². The summed E-state index contributed by atoms with van der Waals surface area (Å²) < 4.78 is 5.00. The minimum atomic E-state index is -0.146. The number of phenolic OH excluding ortho intramolecular Hbond substituents is 1. The number of esters is 1. The van der Waals surface area contributed by atoms with E-state index in [1.807, 2.05) is 19.1 Å². The van der Waals surface area contributed by atoms with E-state index >= 15 is 0 Å². The van der Waals surface area contributed by atoms with Gasteiger partial charge in [-0.3, -0.25) is 4.79 Å². The molecule has 0 bridgehead atoms. The molecule has 1 aromatic carbocycles. The van der Waals surface area contributed by atoms with Gasteiger partial charge in [0.05, 0.1) is 13.0 Å². The summed E-state index contributed by atoms with van der Waals surface area (Å²) in [5, 5.41) is 9.49. The summed E-state index contributed by atoms with van der Waals surface area (Å²) in [6, 6.07) is 7.20. The van der Waals surface area contributed by atoms with Crippen molar-refractivity contribution in [3.8, 4) is 5.75 Å². The SMILES string of the molecule is CCOC(=O)C[C@@H](c1cccc(O)c1)C1CC1. The molecule has 1 aromatic rings. The maximum atomic E-state index is 11.6. The van der Waals surface area contributed by atoms with E-state index in [0.29, 0.717) is 18.9 Å². The van der Waals surface area contributed by atoms with Crippen LogP contribution in [0.1, 0.15) is 37.7 Å². The highest BCUT2D eigenvalue weighted by molar-refractivity contribution is 5.70. The molecule has 1 fully saturated rings. The van der Waals surface area contributed by atoms with Crippen LogP contribution in [0.5, 0.6) is 5.75 Å². The van der Waals surface area contributed by atoms with Crippen LogP contribution >= 0.6 is 0 Å². The molecule has 1 aliphatic rings. The normalized spacial score (nSPS) is 16.5. The number of phenols is 1. The van der Waals surface area contributed by atoms with Crippen molar-refractivity contribution in [3.05, 3.63) is 29.8 Å². The van der Waals surface area contributed by atoms with E-state index in [1.54, 1.807) is 12.1 Å². The quantitative estimate of drug-likeness (QED) is 0.797. The van der Waals surface area contributed by atoms with E-state index < -0.39 is 0 Å². The van der Waals surface area contributed by atoms with E-state index in [9.17, 15) is 9.90 Å². The van der Waals surface area contributed by atoms with Gasteiger partial charge < -0.3 is 9.84 Å². The Kier molecular flexibility index (Phi) is 3.67. The average molecular weight is 234 g/mol. The molecule has 1 aliphatic carbocycles. The Balaban J connectivity index is 2.09. The zero-order valence-electron chi connectivity index (χ0n) is 10.1. The average Bonchev–Trinajstić information content (AvgIpc) is 3.10. The predicted octanol–water partition coefficient (Wildman–Crippen LogP) is 2.84. The van der Waals surface area contributed by atoms with Gasteiger partial charge in [-0.15, -0.1) is 0 Å². The van der Waals surface area contributed by atoms with Crippen molar-refractivity contribution in [3.63, 3.8) is 0 Å². The number of hydrogen-bond acceptors (Lipinski definition) is 3. The molecule has 0 aromatic heterocycles. The number of aromatic hydroxyl groups is 1. The minimum Gasteiger partial charge on any atom is -0.508 e. The molecule has 0 spiro atoms. The van der Waals surface area contributed by atoms with Crippen LogP contribution in [0.2, 0.25) is 0 Å². The lowest BCUT2D eigenvalue weighted by molar-refractivity contribution is -0.143. The molecule has 3 nitrogen and oxygen atoms in total. The van der Waals surface area contributed by atoms with Crippen LogP contribution in [0, 0.1) is 5.92 Å². The zero-order chi connectivity index (χ0) is 12.3. The Hall–Kier alpha value is -1.51. The van der Waals surface area contributed by atoms with Crippen molar-refractivity contribution in [1.29, 1.82) is 0 Å². The fourth-order valence-corrected chi connectivity index (χ4v) is 2.21. The summed E-state index contributed by atoms with van der Waals surface area (Å²) in [6.45, 7) is 2.24. The smallest absolute Gasteiger partial charge is 0.306 e. The second-order valence-electron chi connectivity index (χ2n) is 4.55. The zero-order valence-corrected chi connectivity index (χ0v) is 10.1. The highest BCUT2D eigenvalue weighted by Crippen LogP contribution is 2.45. The summed E-state index contributed by atoms with van der Waals surface area (Å²) in [4.78, 5) is 11.6. The van der Waals surface area contributed by atoms with E-state index in [2.05, 4.69) is 0 Å². The number of ether oxygens (including phenoxy) is 1. The number of benzene rings is 1. The van der Waals surface area contributed by atoms with Crippen LogP contribution in [0.15, 0.2) is 24.3 Å². The third-order valence-corrected chi connectivity index (χ3v) is 3.18. The number of hydrogen-bond donors (Lipinski definition) is 1. The Morgan fingerprint density at radius 1 is 1.53 bits per heavy atom. The first-order valence-electron chi connectivity index (χ1n) is 6.15. The summed E-state index contributed by atoms with van der Waals surface area (Å²) in [5.41, 5.74) is 1.04. The number of carbonyl (C=O) groups excluding carboxylic acids is 1. The van der Waals surface area contributed by atoms with E-state index in [4.69, 9.17) is 4.74 Å². The molecule has 0 radical (unpaired) electrons. The van der Waals surface area contributed by atoms with Crippen LogP contribution < -0.4 is 0 Å². The van der Waals surface area contributed by atoms with Crippen LogP contribution in [-0.4, -0.2) is 17.7 Å². The van der Waals surface area contributed by atoms with Crippen LogP contribution in [-0.2, 0) is 9.53 Å². The topological polar surface area (TPSA) is 46.5 Å². The first-order chi connectivity index (χ1) is 8.20. The number of carbonyl (C=O) groups is 1. The summed E-state index contributed by atoms with van der Waals surface area (Å²) in [6.07, 6.45) is 2.75. The van der Waals surface area contributed by atoms with Gasteiger partial charge >= 0.3 is 5.97 Å². The minimum absolute atomic E-state index is 0.146. The molecule has 3 heteroatoms. The summed E-state index contributed by atoms with van der Waals surface area (Å²) in [5.74, 6) is 0.882. The third-order valence-electron chi connectivity index (χ3n) is 3.18. The molecule has 2 rings (SSSR count). The lowest BCUT2D eigenvalue weighted by Gasteiger charge is -2.16. The third kappa shape index (κ3) is 3.22. The van der Waals surface area contributed by atoms with Crippen molar-refractivity contribution >= 4 is 5.97 Å². The fraction of sp³-hybridized carbons (Fsp3) is 0.500. The maximum Gasteiger partial charge on any atom is 0.306 e. The largest absolute Gasteiger partial charge is 0.508 e. The van der Waals surface area contributed by atoms with Gasteiger partial charge in [0, 0.05) is 0 Å². The summed E-state index contributed by atoms with van der Waals surface area (Å²) in [7, 11) is 0. The second-order valence-corrected chi connectivity index (χ2v) is 4.55. The molecule has 1 atom stereocenters. The van der Waals surface area contributed by atoms with Crippen LogP contribution in [0.25, 0.3) is 0 Å². The molecule has 0 unspecified atom stereocenters. The lowest BCUT2D eigenvalue weighted by Crippen LogP contribution is -2.12. The molecule has 0 amide bonds. The van der Waals surface area contributed by atoms with Gasteiger partial charge in [-0.05, 0) is 49.3 Å². The Labute approximate surface area is 101 Å². The maximum absolute atomic E-state index is 11.6. The van der Waals surface area contributed by atoms with Crippen LogP contribution in [0.4, 0.5) is 0 Å². The van der Waals surface area contributed by atoms with Gasteiger partial charge in [0.2, 0.25) is 0 Å². The Morgan fingerprint density at radius 3 is 2.88 bits per heavy atom. The predicted molar refractivity (Wildman–Crippen MR) is 64.8 cm³/mol. The molecule has 0 aliphatic heterocycles. The van der Waals surface area contributed by atoms with E-state index in [1.165, 1.54) is 12.8 Å². The summed E-state index contributed by atoms with van der Waals surface area (Å²) >= 11 is 0. The first kappa shape index (κ1) is 12.0. The molecule has 0 heterocycles. The first-order valence-corrected chi connectivity index (χ1v) is 6.15. The monoisotopic (exact) mass is 234 g/mol. The van der Waals surface area contributed by atoms with Crippen molar-refractivity contribution in [2.75, 3.05) is 6.61 Å². The molecule has 1 saturated carbocycles. The van der Waals surface area contributed by atoms with E-state index in [0.717, 1.165) is 5.56 Å². The van der Waals surface area contributed by atoms with Crippen molar-refractivity contribution in [2.45, 2.75) is 32.1 Å². The molecular formula is C14H18O3. The van der Waals surface area contributed by atoms with Gasteiger partial charge in [-0.2, -0.15) is 0 Å². The standard InChI is InChI=1S/C14H18O3/c1-2-17-14(16)9-13(10-6-7-10)11-4-3-5-12(15)8-11/h3-5,8,10,13,15H,2,6-7,9H2,1H3/t13-/m1/s1. The van der Waals surface area contributed by atoms with Gasteiger partial charge in [-0.1, -0.05) is 12.1 Å². The fourth-order valence-electron chi connectivity index (χ4n) is 2.21. The molecule has 92 valence electrons. The van der Waals surface area contributed by atoms with Crippen LogP contribution in [0.3, 0.4) is 0 Å². The Morgan fingerprint density at radius 2 is 2.29 bits per heavy atom. The van der Waals surface area contributed by atoms with Crippen molar-refractivity contribution in [2.24, 2.45) is 5.92 Å². The van der Waals surface area contributed by atoms with Crippen molar-refractivity contribution < 1.29 is 14.6 Å². The van der Waals surface area contributed by atoms with E-state index in [-0.39, 0.29) is 17.6 Å². The highest BCUT2D eigenvalue weighted by atomic mass is 16.5. The lowest BCUT2D eigenvalue weighted by atomic mass is 9.91. The molecule has 1 N–H and O–H groups in total. The van der Waals surface area contributed by atoms with Gasteiger partial charge in [0.1, 0.15) is 5.75 Å². The van der Waals surface area contributed by atoms with Gasteiger partial charge in [-0.25, -0.2) is 0 Å². The Bertz CT molecular complexity index is 396. The van der Waals surface area contributed by atoms with Crippen molar-refractivity contribution in [1.82, 2.24) is 0 Å². The molecule has 0 saturated heterocycles. The highest BCUT2D eigenvalue weighted by Gasteiger charge is 2.34. The van der Waals surface area contributed by atoms with Gasteiger partial charge in [0.25, 0.3) is 0 Å². The number of rotatable bonds is 5.